The van der Waals surface area contributed by atoms with Crippen molar-refractivity contribution < 1.29 is 0 Å². The van der Waals surface area contributed by atoms with E-state index in [2.05, 4.69) is 67.1 Å². The average molecular weight is 270 g/mol. The third kappa shape index (κ3) is 3.85. The summed E-state index contributed by atoms with van der Waals surface area (Å²) in [6, 6.07) is 12.8. The minimum atomic E-state index is 0.413. The van der Waals surface area contributed by atoms with Crippen LogP contribution >= 0.6 is 11.3 Å². The zero-order chi connectivity index (χ0) is 13.7. The van der Waals surface area contributed by atoms with Gasteiger partial charge in [-0.3, -0.25) is 0 Å². The Balaban J connectivity index is 2.04. The van der Waals surface area contributed by atoms with Gasteiger partial charge in [-0.15, -0.1) is 11.3 Å². The molecule has 0 saturated heterocycles. The van der Waals surface area contributed by atoms with E-state index in [0.29, 0.717) is 6.54 Å². The van der Waals surface area contributed by atoms with E-state index in [9.17, 15) is 0 Å². The molecule has 3 heteroatoms. The highest BCUT2D eigenvalue weighted by Gasteiger charge is 2.04. The van der Waals surface area contributed by atoms with Crippen molar-refractivity contribution in [2.75, 3.05) is 18.5 Å². The molecule has 0 unspecified atom stereocenters. The van der Waals surface area contributed by atoms with Gasteiger partial charge in [0.05, 0.1) is 18.0 Å². The van der Waals surface area contributed by atoms with Gasteiger partial charge in [0.1, 0.15) is 0 Å². The molecule has 0 amide bonds. The van der Waals surface area contributed by atoms with Crippen molar-refractivity contribution in [3.8, 4) is 11.8 Å². The van der Waals surface area contributed by atoms with Gasteiger partial charge in [0.2, 0.25) is 0 Å². The largest absolute Gasteiger partial charge is 0.369 e. The van der Waals surface area contributed by atoms with Gasteiger partial charge in [0.15, 0.2) is 0 Å². The first-order chi connectivity index (χ1) is 9.19. The molecule has 0 spiro atoms. The van der Waals surface area contributed by atoms with Crippen molar-refractivity contribution >= 4 is 17.0 Å². The maximum absolute atomic E-state index is 5.37. The summed E-state index contributed by atoms with van der Waals surface area (Å²) in [6.45, 7) is 3.42. The van der Waals surface area contributed by atoms with Crippen LogP contribution in [0, 0.1) is 18.8 Å². The van der Waals surface area contributed by atoms with Gasteiger partial charge in [0.25, 0.3) is 0 Å². The molecule has 2 nitrogen and oxygen atoms in total. The Kier molecular flexibility index (Phi) is 4.62. The fourth-order valence-electron chi connectivity index (χ4n) is 1.79. The van der Waals surface area contributed by atoms with Gasteiger partial charge in [0, 0.05) is 17.6 Å². The van der Waals surface area contributed by atoms with Crippen LogP contribution in [0.25, 0.3) is 0 Å². The summed E-state index contributed by atoms with van der Waals surface area (Å²) in [6.07, 6.45) is 0. The molecular formula is C16H18N2S. The number of thiophene rings is 1. The quantitative estimate of drug-likeness (QED) is 0.869. The number of anilines is 1. The van der Waals surface area contributed by atoms with Crippen molar-refractivity contribution in [2.45, 2.75) is 13.5 Å². The first-order valence-corrected chi connectivity index (χ1v) is 7.06. The van der Waals surface area contributed by atoms with Crippen LogP contribution in [-0.4, -0.2) is 13.6 Å². The van der Waals surface area contributed by atoms with Gasteiger partial charge in [-0.2, -0.15) is 0 Å². The van der Waals surface area contributed by atoms with E-state index < -0.39 is 0 Å². The van der Waals surface area contributed by atoms with Gasteiger partial charge in [-0.1, -0.05) is 29.5 Å². The standard InChI is InChI=1S/C16H18N2S/c1-13-5-7-14(8-6-13)18(2)12-16-10-9-15(19-16)4-3-11-17/h5-10H,11-12,17H2,1-2H3. The minimum Gasteiger partial charge on any atom is -0.369 e. The zero-order valence-corrected chi connectivity index (χ0v) is 12.1. The number of aryl methyl sites for hydroxylation is 1. The Labute approximate surface area is 118 Å². The molecule has 2 N–H and O–H groups in total. The lowest BCUT2D eigenvalue weighted by Crippen LogP contribution is -2.15. The lowest BCUT2D eigenvalue weighted by molar-refractivity contribution is 0.940. The number of nitrogens with two attached hydrogens (primary N) is 1. The Morgan fingerprint density at radius 2 is 1.89 bits per heavy atom. The Morgan fingerprint density at radius 1 is 1.16 bits per heavy atom. The maximum atomic E-state index is 5.37. The van der Waals surface area contributed by atoms with Crippen LogP contribution < -0.4 is 10.6 Å². The van der Waals surface area contributed by atoms with E-state index in [4.69, 9.17) is 5.73 Å². The van der Waals surface area contributed by atoms with Crippen LogP contribution in [0.5, 0.6) is 0 Å². The van der Waals surface area contributed by atoms with Gasteiger partial charge in [-0.25, -0.2) is 0 Å². The highest BCUT2D eigenvalue weighted by Crippen LogP contribution is 2.21. The predicted molar refractivity (Wildman–Crippen MR) is 83.5 cm³/mol. The Hall–Kier alpha value is -1.76. The van der Waals surface area contributed by atoms with Crippen molar-refractivity contribution in [1.82, 2.24) is 0 Å². The third-order valence-corrected chi connectivity index (χ3v) is 3.83. The van der Waals surface area contributed by atoms with Crippen LogP contribution in [0.3, 0.4) is 0 Å². The summed E-state index contributed by atoms with van der Waals surface area (Å²) in [4.78, 5) is 4.63. The van der Waals surface area contributed by atoms with Crippen LogP contribution in [0.1, 0.15) is 15.3 Å². The molecule has 98 valence electrons. The van der Waals surface area contributed by atoms with Crippen molar-refractivity contribution in [3.05, 3.63) is 51.7 Å². The Bertz CT molecular complexity index is 587. The summed E-state index contributed by atoms with van der Waals surface area (Å²) in [7, 11) is 2.11. The van der Waals surface area contributed by atoms with E-state index in [0.717, 1.165) is 11.4 Å². The highest BCUT2D eigenvalue weighted by atomic mass is 32.1. The molecular weight excluding hydrogens is 252 g/mol. The van der Waals surface area contributed by atoms with Crippen molar-refractivity contribution in [1.29, 1.82) is 0 Å². The number of benzene rings is 1. The average Bonchev–Trinajstić information content (AvgIpc) is 2.84. The molecule has 0 radical (unpaired) electrons. The molecule has 0 saturated carbocycles. The molecule has 0 aliphatic carbocycles. The molecule has 1 aromatic carbocycles. The van der Waals surface area contributed by atoms with Crippen LogP contribution in [0.2, 0.25) is 0 Å². The first kappa shape index (κ1) is 13.7. The SMILES string of the molecule is Cc1ccc(N(C)Cc2ccc(C#CCN)s2)cc1. The second-order valence-electron chi connectivity index (χ2n) is 4.46. The summed E-state index contributed by atoms with van der Waals surface area (Å²) in [5.41, 5.74) is 7.89. The summed E-state index contributed by atoms with van der Waals surface area (Å²) >= 11 is 1.73. The molecule has 0 aliphatic rings. The van der Waals surface area contributed by atoms with Crippen LogP contribution in [-0.2, 0) is 6.54 Å². The molecule has 2 rings (SSSR count). The van der Waals surface area contributed by atoms with Gasteiger partial charge in [-0.05, 0) is 31.2 Å². The van der Waals surface area contributed by atoms with Gasteiger partial charge < -0.3 is 10.6 Å². The minimum absolute atomic E-state index is 0.413. The molecule has 19 heavy (non-hydrogen) atoms. The van der Waals surface area contributed by atoms with E-state index in [1.54, 1.807) is 11.3 Å². The fraction of sp³-hybridized carbons (Fsp3) is 0.250. The van der Waals surface area contributed by atoms with Crippen molar-refractivity contribution in [2.24, 2.45) is 5.73 Å². The number of hydrogen-bond donors (Lipinski definition) is 1. The Morgan fingerprint density at radius 3 is 2.58 bits per heavy atom. The topological polar surface area (TPSA) is 29.3 Å². The molecule has 0 aliphatic heterocycles. The first-order valence-electron chi connectivity index (χ1n) is 6.24. The maximum Gasteiger partial charge on any atom is 0.0772 e. The van der Waals surface area contributed by atoms with Crippen LogP contribution in [0.4, 0.5) is 5.69 Å². The normalized spacial score (nSPS) is 9.84. The number of nitrogens with zero attached hydrogens (tertiary/aromatic N) is 1. The van der Waals surface area contributed by atoms with E-state index >= 15 is 0 Å². The number of hydrogen-bond acceptors (Lipinski definition) is 3. The lowest BCUT2D eigenvalue weighted by Gasteiger charge is -2.18. The lowest BCUT2D eigenvalue weighted by atomic mass is 10.2. The molecule has 0 fully saturated rings. The summed E-state index contributed by atoms with van der Waals surface area (Å²) in [5.74, 6) is 5.95. The zero-order valence-electron chi connectivity index (χ0n) is 11.3. The molecule has 1 aromatic heterocycles. The van der Waals surface area contributed by atoms with E-state index in [-0.39, 0.29) is 0 Å². The highest BCUT2D eigenvalue weighted by molar-refractivity contribution is 7.12. The summed E-state index contributed by atoms with van der Waals surface area (Å²) in [5, 5.41) is 0. The smallest absolute Gasteiger partial charge is 0.0772 e. The monoisotopic (exact) mass is 270 g/mol. The van der Waals surface area contributed by atoms with Crippen molar-refractivity contribution in [3.63, 3.8) is 0 Å². The predicted octanol–water partition coefficient (Wildman–Crippen LogP) is 3.00. The van der Waals surface area contributed by atoms with Crippen LogP contribution in [0.15, 0.2) is 36.4 Å². The number of rotatable bonds is 3. The molecule has 0 atom stereocenters. The van der Waals surface area contributed by atoms with Gasteiger partial charge >= 0.3 is 0 Å². The second kappa shape index (κ2) is 6.42. The van der Waals surface area contributed by atoms with E-state index in [1.807, 2.05) is 0 Å². The second-order valence-corrected chi connectivity index (χ2v) is 5.63. The molecule has 2 aromatic rings. The molecule has 1 heterocycles. The summed E-state index contributed by atoms with van der Waals surface area (Å²) < 4.78 is 0. The van der Waals surface area contributed by atoms with E-state index in [1.165, 1.54) is 16.1 Å². The fourth-order valence-corrected chi connectivity index (χ4v) is 2.73. The molecule has 0 bridgehead atoms. The third-order valence-electron chi connectivity index (χ3n) is 2.84.